The Balaban J connectivity index is 2.34. The molecule has 2 radical (unpaired) electrons. The Morgan fingerprint density at radius 2 is 2.00 bits per heavy atom. The summed E-state index contributed by atoms with van der Waals surface area (Å²) < 4.78 is 41.3. The molecule has 0 fully saturated rings. The molecular formula is C17H16BF3N6. The molecule has 2 aromatic heterocycles. The van der Waals surface area contributed by atoms with Crippen molar-refractivity contribution in [1.82, 2.24) is 9.97 Å². The Bertz CT molecular complexity index is 982. The van der Waals surface area contributed by atoms with E-state index in [1.54, 1.807) is 6.07 Å². The molecule has 0 aliphatic carbocycles. The first-order valence-electron chi connectivity index (χ1n) is 7.93. The molecule has 3 aromatic rings. The maximum absolute atomic E-state index is 14.7. The summed E-state index contributed by atoms with van der Waals surface area (Å²) in [7, 11) is 7.20. The van der Waals surface area contributed by atoms with Gasteiger partial charge in [-0.15, -0.1) is 0 Å². The van der Waals surface area contributed by atoms with E-state index in [0.717, 1.165) is 4.90 Å². The number of nitrogens with zero attached hydrogens (tertiary/aromatic N) is 4. The lowest BCUT2D eigenvalue weighted by Gasteiger charge is -2.27. The van der Waals surface area contributed by atoms with Gasteiger partial charge in [0, 0.05) is 24.3 Å². The molecule has 10 heteroatoms. The van der Waals surface area contributed by atoms with Gasteiger partial charge in [-0.3, -0.25) is 4.98 Å². The van der Waals surface area contributed by atoms with E-state index < -0.39 is 18.8 Å². The average molecular weight is 372 g/mol. The molecule has 3 rings (SSSR count). The lowest BCUT2D eigenvalue weighted by Crippen LogP contribution is -2.29. The highest BCUT2D eigenvalue weighted by Gasteiger charge is 2.24. The van der Waals surface area contributed by atoms with Gasteiger partial charge in [0.1, 0.15) is 25.2 Å². The highest BCUT2D eigenvalue weighted by molar-refractivity contribution is 6.30. The van der Waals surface area contributed by atoms with Gasteiger partial charge in [-0.25, -0.2) is 24.0 Å². The predicted molar refractivity (Wildman–Crippen MR) is 101 cm³/mol. The molecule has 0 saturated carbocycles. The van der Waals surface area contributed by atoms with Crippen LogP contribution in [0.2, 0.25) is 0 Å². The zero-order chi connectivity index (χ0) is 19.7. The van der Waals surface area contributed by atoms with Gasteiger partial charge in [0.05, 0.1) is 11.9 Å². The molecule has 0 bridgehead atoms. The van der Waals surface area contributed by atoms with E-state index in [-0.39, 0.29) is 28.3 Å². The van der Waals surface area contributed by atoms with E-state index in [2.05, 4.69) is 9.97 Å². The van der Waals surface area contributed by atoms with E-state index in [1.165, 1.54) is 42.5 Å². The minimum absolute atomic E-state index is 0.0191. The summed E-state index contributed by atoms with van der Waals surface area (Å²) in [6, 6.07) is 7.17. The van der Waals surface area contributed by atoms with E-state index in [0.29, 0.717) is 11.1 Å². The van der Waals surface area contributed by atoms with Gasteiger partial charge in [-0.05, 0) is 23.8 Å². The molecule has 0 amide bonds. The second-order valence-electron chi connectivity index (χ2n) is 5.88. The third-order valence-electron chi connectivity index (χ3n) is 3.97. The third kappa shape index (κ3) is 3.61. The first kappa shape index (κ1) is 18.8. The van der Waals surface area contributed by atoms with Crippen LogP contribution in [0.25, 0.3) is 10.8 Å². The summed E-state index contributed by atoms with van der Waals surface area (Å²) in [5.74, 6) is 5.08. The van der Waals surface area contributed by atoms with Crippen LogP contribution in [0.15, 0.2) is 36.5 Å². The highest BCUT2D eigenvalue weighted by atomic mass is 19.3. The quantitative estimate of drug-likeness (QED) is 0.404. The number of hydrazine groups is 1. The van der Waals surface area contributed by atoms with Gasteiger partial charge in [-0.2, -0.15) is 0 Å². The number of nitrogen functional groups attached to an aromatic ring is 1. The van der Waals surface area contributed by atoms with Crippen LogP contribution < -0.4 is 27.1 Å². The number of fused-ring (bicyclic) bond motifs is 1. The van der Waals surface area contributed by atoms with E-state index in [9.17, 15) is 13.2 Å². The summed E-state index contributed by atoms with van der Waals surface area (Å²) >= 11 is 0. The molecule has 0 aliphatic heterocycles. The molecule has 138 valence electrons. The van der Waals surface area contributed by atoms with Gasteiger partial charge < -0.3 is 15.6 Å². The van der Waals surface area contributed by atoms with Crippen molar-refractivity contribution in [1.29, 1.82) is 0 Å². The molecule has 0 unspecified atom stereocenters. The first-order valence-corrected chi connectivity index (χ1v) is 7.93. The van der Waals surface area contributed by atoms with Crippen LogP contribution in [0, 0.1) is 5.82 Å². The number of rotatable bonds is 5. The Kier molecular flexibility index (Phi) is 5.09. The predicted octanol–water partition coefficient (Wildman–Crippen LogP) is 1.86. The Morgan fingerprint density at radius 3 is 2.63 bits per heavy atom. The van der Waals surface area contributed by atoms with E-state index >= 15 is 0 Å². The van der Waals surface area contributed by atoms with Crippen molar-refractivity contribution < 1.29 is 13.2 Å². The molecule has 6 nitrogen and oxygen atoms in total. The summed E-state index contributed by atoms with van der Waals surface area (Å²) in [6.07, 6.45) is -1.35. The molecule has 0 aliphatic rings. The van der Waals surface area contributed by atoms with Gasteiger partial charge in [-0.1, -0.05) is 12.1 Å². The van der Waals surface area contributed by atoms with Crippen molar-refractivity contribution in [3.63, 3.8) is 0 Å². The number of halogens is 3. The monoisotopic (exact) mass is 372 g/mol. The molecule has 0 spiro atoms. The third-order valence-corrected chi connectivity index (χ3v) is 3.97. The maximum Gasteiger partial charge on any atom is 0.256 e. The topological polar surface area (TPSA) is 84.3 Å². The number of alkyl halides is 2. The molecule has 0 atom stereocenters. The Morgan fingerprint density at radius 1 is 1.26 bits per heavy atom. The number of aromatic nitrogens is 2. The number of hydrogen-bond acceptors (Lipinski definition) is 6. The van der Waals surface area contributed by atoms with Crippen molar-refractivity contribution in [2.45, 2.75) is 6.43 Å². The van der Waals surface area contributed by atoms with Gasteiger partial charge in [0.15, 0.2) is 5.82 Å². The number of hydrogen-bond donors (Lipinski definition) is 2. The fourth-order valence-electron chi connectivity index (χ4n) is 2.93. The smallest absolute Gasteiger partial charge is 0.256 e. The standard InChI is InChI=1S/C17H16BF3N6/c1-26(23)15-10-3-2-4-11(19)14(10)17(25-16(15)22)27(8-13(20)21)9-5-6-24-12(18)7-9/h2-7,13H,8,23H2,1H3,(H2,22,25). The molecule has 27 heavy (non-hydrogen) atoms. The van der Waals surface area contributed by atoms with Crippen LogP contribution in [0.3, 0.4) is 0 Å². The lowest BCUT2D eigenvalue weighted by molar-refractivity contribution is 0.158. The summed E-state index contributed by atoms with van der Waals surface area (Å²) in [6.45, 7) is -0.739. The average Bonchev–Trinajstić information content (AvgIpc) is 2.58. The second-order valence-corrected chi connectivity index (χ2v) is 5.88. The van der Waals surface area contributed by atoms with Crippen molar-refractivity contribution >= 4 is 47.2 Å². The zero-order valence-electron chi connectivity index (χ0n) is 14.4. The number of anilines is 4. The molecular weight excluding hydrogens is 356 g/mol. The fourth-order valence-corrected chi connectivity index (χ4v) is 2.93. The number of pyridine rings is 2. The number of nitrogens with two attached hydrogens (primary N) is 2. The van der Waals surface area contributed by atoms with Crippen LogP contribution in [0.1, 0.15) is 0 Å². The van der Waals surface area contributed by atoms with Crippen molar-refractivity contribution in [3.8, 4) is 0 Å². The van der Waals surface area contributed by atoms with Crippen LogP contribution in [0.4, 0.5) is 36.2 Å². The highest BCUT2D eigenvalue weighted by Crippen LogP contribution is 2.39. The fraction of sp³-hybridized carbons (Fsp3) is 0.176. The van der Waals surface area contributed by atoms with Crippen molar-refractivity contribution in [2.75, 3.05) is 29.2 Å². The number of benzene rings is 1. The Labute approximate surface area is 155 Å². The molecule has 2 heterocycles. The second kappa shape index (κ2) is 7.32. The van der Waals surface area contributed by atoms with Gasteiger partial charge in [0.25, 0.3) is 6.43 Å². The molecule has 0 saturated heterocycles. The largest absolute Gasteiger partial charge is 0.382 e. The SMILES string of the molecule is [B]c1cc(N(CC(F)F)c2nc(N)c(N(C)N)c3cccc(F)c23)ccn1. The van der Waals surface area contributed by atoms with Crippen molar-refractivity contribution in [2.24, 2.45) is 5.84 Å². The summed E-state index contributed by atoms with van der Waals surface area (Å²) in [5, 5.41) is 1.58. The minimum Gasteiger partial charge on any atom is -0.382 e. The van der Waals surface area contributed by atoms with Gasteiger partial charge >= 0.3 is 0 Å². The van der Waals surface area contributed by atoms with Gasteiger partial charge in [0.2, 0.25) is 0 Å². The zero-order valence-corrected chi connectivity index (χ0v) is 14.4. The molecule has 1 aromatic carbocycles. The normalized spacial score (nSPS) is 11.2. The Hall–Kier alpha value is -3.01. The van der Waals surface area contributed by atoms with Crippen LogP contribution in [0.5, 0.6) is 0 Å². The maximum atomic E-state index is 14.7. The van der Waals surface area contributed by atoms with E-state index in [1.807, 2.05) is 0 Å². The van der Waals surface area contributed by atoms with E-state index in [4.69, 9.17) is 19.4 Å². The first-order chi connectivity index (χ1) is 12.8. The summed E-state index contributed by atoms with van der Waals surface area (Å²) in [4.78, 5) is 9.20. The minimum atomic E-state index is -2.72. The lowest BCUT2D eigenvalue weighted by atomic mass is 10.0. The van der Waals surface area contributed by atoms with Crippen LogP contribution in [-0.4, -0.2) is 37.8 Å². The summed E-state index contributed by atoms with van der Waals surface area (Å²) in [5.41, 5.74) is 6.71. The van der Waals surface area contributed by atoms with Crippen molar-refractivity contribution in [3.05, 3.63) is 42.3 Å². The van der Waals surface area contributed by atoms with Crippen LogP contribution in [-0.2, 0) is 0 Å². The molecule has 4 N–H and O–H groups in total. The van der Waals surface area contributed by atoms with Crippen LogP contribution >= 0.6 is 0 Å².